The number of hydrogen-bond acceptors (Lipinski definition) is 10. The molecule has 0 fully saturated rings. The summed E-state index contributed by atoms with van der Waals surface area (Å²) in [5.41, 5.74) is 1.20. The van der Waals surface area contributed by atoms with E-state index in [-0.39, 0.29) is 28.5 Å². The Hall–Kier alpha value is -4.55. The maximum atomic E-state index is 11.9. The summed E-state index contributed by atoms with van der Waals surface area (Å²) in [6, 6.07) is 8.02. The number of rotatable bonds is 9. The molecule has 1 N–H and O–H groups in total. The molecule has 0 saturated heterocycles. The zero-order valence-electron chi connectivity index (χ0n) is 16.3. The number of methoxy groups -OCH3 is 1. The van der Waals surface area contributed by atoms with Crippen LogP contribution in [0, 0.1) is 20.2 Å². The highest BCUT2D eigenvalue weighted by atomic mass is 16.6. The molecule has 0 atom stereocenters. The van der Waals surface area contributed by atoms with E-state index in [2.05, 4.69) is 10.5 Å². The van der Waals surface area contributed by atoms with Crippen LogP contribution in [0.4, 0.5) is 11.4 Å². The molecular formula is C18H16N4O9. The van der Waals surface area contributed by atoms with E-state index >= 15 is 0 Å². The average Bonchev–Trinajstić information content (AvgIpc) is 2.72. The summed E-state index contributed by atoms with van der Waals surface area (Å²) in [5.74, 6) is -2.01. The lowest BCUT2D eigenvalue weighted by molar-refractivity contribution is -0.386. The van der Waals surface area contributed by atoms with Crippen LogP contribution in [0.1, 0.15) is 12.5 Å². The maximum absolute atomic E-state index is 11.9. The number of benzene rings is 2. The van der Waals surface area contributed by atoms with Crippen LogP contribution in [0.15, 0.2) is 41.5 Å². The minimum Gasteiger partial charge on any atom is -0.488 e. The van der Waals surface area contributed by atoms with E-state index in [4.69, 9.17) is 14.2 Å². The molecule has 0 bridgehead atoms. The summed E-state index contributed by atoms with van der Waals surface area (Å²) in [4.78, 5) is 44.0. The number of carbonyl (C=O) groups excluding carboxylic acids is 2. The van der Waals surface area contributed by atoms with Gasteiger partial charge in [-0.3, -0.25) is 29.8 Å². The number of nitro benzene ring substituents is 2. The summed E-state index contributed by atoms with van der Waals surface area (Å²) >= 11 is 0. The van der Waals surface area contributed by atoms with Crippen molar-refractivity contribution in [3.8, 4) is 17.2 Å². The van der Waals surface area contributed by atoms with Gasteiger partial charge in [0.05, 0.1) is 28.7 Å². The quantitative estimate of drug-likeness (QED) is 0.204. The minimum atomic E-state index is -0.763. The number of para-hydroxylation sites is 2. The number of nitrogens with zero attached hydrogens (tertiary/aromatic N) is 3. The summed E-state index contributed by atoms with van der Waals surface area (Å²) in [6.45, 7) is 0.543. The molecular weight excluding hydrogens is 416 g/mol. The highest BCUT2D eigenvalue weighted by Gasteiger charge is 2.25. The second kappa shape index (κ2) is 10.3. The van der Waals surface area contributed by atoms with Crippen molar-refractivity contribution in [3.63, 3.8) is 0 Å². The van der Waals surface area contributed by atoms with E-state index in [9.17, 15) is 29.8 Å². The molecule has 0 saturated carbocycles. The Balaban J connectivity index is 2.11. The number of carbonyl (C=O) groups is 2. The third-order valence-electron chi connectivity index (χ3n) is 3.58. The van der Waals surface area contributed by atoms with E-state index in [0.717, 1.165) is 20.2 Å². The topological polar surface area (TPSA) is 172 Å². The van der Waals surface area contributed by atoms with Gasteiger partial charge in [-0.2, -0.15) is 5.10 Å². The van der Waals surface area contributed by atoms with Gasteiger partial charge in [-0.1, -0.05) is 12.1 Å². The van der Waals surface area contributed by atoms with E-state index in [1.54, 1.807) is 0 Å². The fourth-order valence-electron chi connectivity index (χ4n) is 2.37. The Kier molecular flexibility index (Phi) is 7.55. The van der Waals surface area contributed by atoms with Gasteiger partial charge in [-0.15, -0.1) is 0 Å². The third-order valence-corrected chi connectivity index (χ3v) is 3.58. The molecule has 0 aliphatic rings. The zero-order chi connectivity index (χ0) is 23.0. The van der Waals surface area contributed by atoms with Gasteiger partial charge in [-0.25, -0.2) is 5.43 Å². The normalized spacial score (nSPS) is 10.4. The lowest BCUT2D eigenvalue weighted by Gasteiger charge is -2.09. The third kappa shape index (κ3) is 5.96. The number of hydrogen-bond donors (Lipinski definition) is 1. The van der Waals surface area contributed by atoms with Gasteiger partial charge >= 0.3 is 17.3 Å². The SMILES string of the molecule is COc1c(OC(C)=O)ccc(/C=N\NC(=O)COc2ccccc2[N+](=O)[O-])c1[N+](=O)[O-]. The van der Waals surface area contributed by atoms with E-state index in [1.807, 2.05) is 0 Å². The molecule has 2 aromatic rings. The smallest absolute Gasteiger partial charge is 0.323 e. The average molecular weight is 432 g/mol. The first kappa shape index (κ1) is 22.7. The molecule has 1 amide bonds. The zero-order valence-corrected chi connectivity index (χ0v) is 16.3. The van der Waals surface area contributed by atoms with Gasteiger partial charge in [-0.05, 0) is 18.2 Å². The molecule has 0 unspecified atom stereocenters. The number of hydrazone groups is 1. The highest BCUT2D eigenvalue weighted by molar-refractivity contribution is 5.90. The first-order chi connectivity index (χ1) is 14.7. The van der Waals surface area contributed by atoms with Crippen molar-refractivity contribution in [2.45, 2.75) is 6.92 Å². The van der Waals surface area contributed by atoms with Crippen LogP contribution >= 0.6 is 0 Å². The monoisotopic (exact) mass is 432 g/mol. The van der Waals surface area contributed by atoms with Crippen LogP contribution in [0.2, 0.25) is 0 Å². The maximum Gasteiger partial charge on any atom is 0.323 e. The fraction of sp³-hybridized carbons (Fsp3) is 0.167. The Morgan fingerprint density at radius 2 is 1.81 bits per heavy atom. The fourth-order valence-corrected chi connectivity index (χ4v) is 2.37. The molecule has 0 aliphatic carbocycles. The van der Waals surface area contributed by atoms with Crippen molar-refractivity contribution in [2.24, 2.45) is 5.10 Å². The van der Waals surface area contributed by atoms with Crippen molar-refractivity contribution < 1.29 is 33.6 Å². The largest absolute Gasteiger partial charge is 0.488 e. The highest BCUT2D eigenvalue weighted by Crippen LogP contribution is 2.39. The number of esters is 1. The lowest BCUT2D eigenvalue weighted by Crippen LogP contribution is -2.24. The van der Waals surface area contributed by atoms with Crippen LogP contribution < -0.4 is 19.6 Å². The van der Waals surface area contributed by atoms with Gasteiger partial charge in [0.2, 0.25) is 5.75 Å². The van der Waals surface area contributed by atoms with Crippen LogP contribution in [-0.4, -0.2) is 41.7 Å². The molecule has 13 heteroatoms. The van der Waals surface area contributed by atoms with Crippen molar-refractivity contribution in [1.29, 1.82) is 0 Å². The van der Waals surface area contributed by atoms with Gasteiger partial charge in [0.15, 0.2) is 18.1 Å². The molecule has 0 aromatic heterocycles. The van der Waals surface area contributed by atoms with E-state index in [0.29, 0.717) is 0 Å². The van der Waals surface area contributed by atoms with Gasteiger partial charge < -0.3 is 14.2 Å². The first-order valence-corrected chi connectivity index (χ1v) is 8.46. The van der Waals surface area contributed by atoms with Crippen LogP contribution in [0.3, 0.4) is 0 Å². The van der Waals surface area contributed by atoms with E-state index < -0.39 is 34.0 Å². The molecule has 13 nitrogen and oxygen atoms in total. The standard InChI is InChI=1S/C18H16N4O9/c1-11(23)31-15-8-7-12(17(22(27)28)18(15)29-2)9-19-20-16(24)10-30-14-6-4-3-5-13(14)21(25)26/h3-9H,10H2,1-2H3,(H,20,24)/b19-9-. The molecule has 0 spiro atoms. The number of nitrogens with one attached hydrogen (secondary N) is 1. The summed E-state index contributed by atoms with van der Waals surface area (Å²) < 4.78 is 15.0. The number of nitro groups is 2. The summed E-state index contributed by atoms with van der Waals surface area (Å²) in [6.07, 6.45) is 0.987. The molecule has 162 valence electrons. The van der Waals surface area contributed by atoms with Gasteiger partial charge in [0.1, 0.15) is 0 Å². The van der Waals surface area contributed by atoms with Crippen LogP contribution in [-0.2, 0) is 9.59 Å². The van der Waals surface area contributed by atoms with Crippen molar-refractivity contribution in [2.75, 3.05) is 13.7 Å². The lowest BCUT2D eigenvalue weighted by atomic mass is 10.1. The molecule has 2 aromatic carbocycles. The van der Waals surface area contributed by atoms with Crippen molar-refractivity contribution in [1.82, 2.24) is 5.43 Å². The Labute approximate surface area is 174 Å². The second-order valence-corrected chi connectivity index (χ2v) is 5.69. The molecule has 0 radical (unpaired) electrons. The van der Waals surface area contributed by atoms with Crippen molar-refractivity contribution >= 4 is 29.5 Å². The molecule has 31 heavy (non-hydrogen) atoms. The van der Waals surface area contributed by atoms with Crippen LogP contribution in [0.5, 0.6) is 17.2 Å². The first-order valence-electron chi connectivity index (χ1n) is 8.46. The second-order valence-electron chi connectivity index (χ2n) is 5.69. The number of amides is 1. The minimum absolute atomic E-state index is 0.0438. The summed E-state index contributed by atoms with van der Waals surface area (Å²) in [5, 5.41) is 26.0. The van der Waals surface area contributed by atoms with E-state index in [1.165, 1.54) is 36.4 Å². The summed E-state index contributed by atoms with van der Waals surface area (Å²) in [7, 11) is 1.16. The number of ether oxygens (including phenoxy) is 3. The predicted molar refractivity (Wildman–Crippen MR) is 105 cm³/mol. The molecule has 0 heterocycles. The molecule has 0 aliphatic heterocycles. The van der Waals surface area contributed by atoms with Gasteiger partial charge in [0.25, 0.3) is 5.91 Å². The Bertz CT molecular complexity index is 1050. The predicted octanol–water partition coefficient (Wildman–Crippen LogP) is 1.97. The molecule has 2 rings (SSSR count). The van der Waals surface area contributed by atoms with Gasteiger partial charge in [0, 0.05) is 13.0 Å². The Morgan fingerprint density at radius 3 is 2.42 bits per heavy atom. The Morgan fingerprint density at radius 1 is 1.10 bits per heavy atom. The van der Waals surface area contributed by atoms with Crippen LogP contribution in [0.25, 0.3) is 0 Å². The van der Waals surface area contributed by atoms with Crippen molar-refractivity contribution in [3.05, 3.63) is 62.2 Å².